The van der Waals surface area contributed by atoms with Crippen molar-refractivity contribution in [3.05, 3.63) is 29.8 Å². The Hall–Kier alpha value is -2.74. The normalized spacial score (nSPS) is 32.6. The Balaban J connectivity index is 1.88. The number of benzene rings is 1. The highest BCUT2D eigenvalue weighted by Crippen LogP contribution is 2.49. The Morgan fingerprint density at radius 2 is 2.00 bits per heavy atom. The molecule has 0 bridgehead atoms. The number of nitrogens with two attached hydrogens (primary N) is 2. The Labute approximate surface area is 156 Å². The third kappa shape index (κ3) is 2.19. The predicted molar refractivity (Wildman–Crippen MR) is 94.9 cm³/mol. The SMILES string of the molecule is CC[C@H](C)N1C(=O)[C@H]2[C@@H](C1=O)[C@@]1([NH2+][C@@H]2CC(N)=O)C(=O)Nc2ccccc21. The smallest absolute Gasteiger partial charge is 0.291 e. The average molecular weight is 371 g/mol. The number of nitrogens with one attached hydrogen (secondary N) is 1. The van der Waals surface area contributed by atoms with Gasteiger partial charge in [0.15, 0.2) is 0 Å². The van der Waals surface area contributed by atoms with Gasteiger partial charge in [-0.1, -0.05) is 25.1 Å². The van der Waals surface area contributed by atoms with Crippen molar-refractivity contribution in [2.24, 2.45) is 17.6 Å². The zero-order chi connectivity index (χ0) is 19.5. The van der Waals surface area contributed by atoms with Crippen molar-refractivity contribution in [2.45, 2.75) is 44.3 Å². The Morgan fingerprint density at radius 1 is 1.30 bits per heavy atom. The molecule has 4 amide bonds. The fourth-order valence-corrected chi connectivity index (χ4v) is 4.98. The van der Waals surface area contributed by atoms with E-state index in [2.05, 4.69) is 5.32 Å². The highest BCUT2D eigenvalue weighted by Gasteiger charge is 2.74. The van der Waals surface area contributed by atoms with E-state index < -0.39 is 29.3 Å². The quantitative estimate of drug-likeness (QED) is 0.590. The Bertz CT molecular complexity index is 869. The molecule has 3 aliphatic heterocycles. The fraction of sp³-hybridized carbons (Fsp3) is 0.474. The van der Waals surface area contributed by atoms with Crippen LogP contribution in [-0.4, -0.2) is 40.6 Å². The summed E-state index contributed by atoms with van der Waals surface area (Å²) in [6.07, 6.45) is 0.558. The zero-order valence-electron chi connectivity index (χ0n) is 15.3. The second-order valence-corrected chi connectivity index (χ2v) is 7.68. The molecule has 5 N–H and O–H groups in total. The number of primary amides is 1. The van der Waals surface area contributed by atoms with Crippen molar-refractivity contribution in [1.82, 2.24) is 4.90 Å². The van der Waals surface area contributed by atoms with Crippen molar-refractivity contribution >= 4 is 29.3 Å². The topological polar surface area (TPSA) is 126 Å². The van der Waals surface area contributed by atoms with Crippen LogP contribution in [0, 0.1) is 11.8 Å². The summed E-state index contributed by atoms with van der Waals surface area (Å²) in [6, 6.07) is 6.38. The number of quaternary nitrogens is 1. The van der Waals surface area contributed by atoms with Crippen LogP contribution in [0.1, 0.15) is 32.3 Å². The fourth-order valence-electron chi connectivity index (χ4n) is 4.98. The number of hydrogen-bond acceptors (Lipinski definition) is 4. The number of likely N-dealkylation sites (tertiary alicyclic amines) is 1. The van der Waals surface area contributed by atoms with E-state index in [9.17, 15) is 19.2 Å². The molecule has 8 heteroatoms. The maximum Gasteiger partial charge on any atom is 0.291 e. The first-order chi connectivity index (χ1) is 12.8. The highest BCUT2D eigenvalue weighted by atomic mass is 16.2. The van der Waals surface area contributed by atoms with Crippen LogP contribution in [0.3, 0.4) is 0 Å². The summed E-state index contributed by atoms with van der Waals surface area (Å²) in [5, 5.41) is 4.56. The Kier molecular flexibility index (Phi) is 3.85. The zero-order valence-corrected chi connectivity index (χ0v) is 15.3. The standard InChI is InChI=1S/C19H22N4O4/c1-3-9(2)23-16(25)14-12(8-13(20)24)22-19(15(14)17(23)26)10-6-4-5-7-11(10)21-18(19)27/h4-7,9,12,14-15,22H,3,8H2,1-2H3,(H2,20,24)(H,21,27)/p+1/t9-,12+,14+,15-,19+/m0/s1. The summed E-state index contributed by atoms with van der Waals surface area (Å²) >= 11 is 0. The minimum absolute atomic E-state index is 0.0638. The number of para-hydroxylation sites is 1. The minimum Gasteiger partial charge on any atom is -0.369 e. The summed E-state index contributed by atoms with van der Waals surface area (Å²) in [6.45, 7) is 3.72. The summed E-state index contributed by atoms with van der Waals surface area (Å²) in [7, 11) is 0. The van der Waals surface area contributed by atoms with Gasteiger partial charge in [-0.25, -0.2) is 0 Å². The maximum atomic E-state index is 13.3. The summed E-state index contributed by atoms with van der Waals surface area (Å²) < 4.78 is 0. The number of amides is 4. The van der Waals surface area contributed by atoms with E-state index in [4.69, 9.17) is 5.73 Å². The van der Waals surface area contributed by atoms with Gasteiger partial charge in [-0.3, -0.25) is 24.1 Å². The molecule has 27 heavy (non-hydrogen) atoms. The van der Waals surface area contributed by atoms with Crippen molar-refractivity contribution < 1.29 is 24.5 Å². The van der Waals surface area contributed by atoms with E-state index in [1.54, 1.807) is 29.6 Å². The van der Waals surface area contributed by atoms with E-state index in [-0.39, 0.29) is 30.2 Å². The highest BCUT2D eigenvalue weighted by molar-refractivity contribution is 6.14. The molecule has 5 atom stereocenters. The van der Waals surface area contributed by atoms with Gasteiger partial charge in [0.2, 0.25) is 23.3 Å². The molecule has 2 saturated heterocycles. The van der Waals surface area contributed by atoms with E-state index in [0.29, 0.717) is 17.7 Å². The van der Waals surface area contributed by atoms with E-state index in [1.807, 2.05) is 13.8 Å². The second-order valence-electron chi connectivity index (χ2n) is 7.68. The molecule has 1 spiro atoms. The van der Waals surface area contributed by atoms with Crippen LogP contribution in [0.2, 0.25) is 0 Å². The van der Waals surface area contributed by atoms with Gasteiger partial charge >= 0.3 is 0 Å². The minimum atomic E-state index is -1.24. The van der Waals surface area contributed by atoms with Crippen LogP contribution in [0.25, 0.3) is 0 Å². The van der Waals surface area contributed by atoms with Gasteiger partial charge in [-0.05, 0) is 19.4 Å². The molecule has 0 aromatic heterocycles. The molecule has 3 heterocycles. The number of anilines is 1. The number of rotatable bonds is 4. The predicted octanol–water partition coefficient (Wildman–Crippen LogP) is -0.945. The number of imide groups is 1. The van der Waals surface area contributed by atoms with Crippen molar-refractivity contribution in [3.63, 3.8) is 0 Å². The largest absolute Gasteiger partial charge is 0.369 e. The lowest BCUT2D eigenvalue weighted by Crippen LogP contribution is -2.99. The van der Waals surface area contributed by atoms with Gasteiger partial charge in [0.05, 0.1) is 12.1 Å². The van der Waals surface area contributed by atoms with Gasteiger partial charge < -0.3 is 16.4 Å². The molecule has 1 aromatic rings. The van der Waals surface area contributed by atoms with Crippen LogP contribution >= 0.6 is 0 Å². The van der Waals surface area contributed by atoms with E-state index >= 15 is 0 Å². The number of fused-ring (bicyclic) bond motifs is 4. The number of nitrogens with zero attached hydrogens (tertiary/aromatic N) is 1. The summed E-state index contributed by atoms with van der Waals surface area (Å²) in [5.74, 6) is -3.10. The average Bonchev–Trinajstić information content (AvgIpc) is 3.19. The van der Waals surface area contributed by atoms with Crippen LogP contribution in [-0.2, 0) is 24.7 Å². The molecule has 4 rings (SSSR count). The van der Waals surface area contributed by atoms with Crippen molar-refractivity contribution in [3.8, 4) is 0 Å². The number of carbonyl (C=O) groups is 4. The number of hydrogen-bond donors (Lipinski definition) is 3. The Morgan fingerprint density at radius 3 is 2.67 bits per heavy atom. The lowest BCUT2D eigenvalue weighted by atomic mass is 9.76. The molecule has 0 saturated carbocycles. The first-order valence-corrected chi connectivity index (χ1v) is 9.25. The molecule has 1 aromatic carbocycles. The van der Waals surface area contributed by atoms with Crippen LogP contribution < -0.4 is 16.4 Å². The molecule has 142 valence electrons. The van der Waals surface area contributed by atoms with E-state index in [1.165, 1.54) is 4.90 Å². The third-order valence-electron chi connectivity index (χ3n) is 6.28. The van der Waals surface area contributed by atoms with Crippen molar-refractivity contribution in [2.75, 3.05) is 5.32 Å². The molecule has 3 aliphatic rings. The second kappa shape index (κ2) is 5.88. The molecular formula is C19H23N4O4+. The first-order valence-electron chi connectivity index (χ1n) is 9.25. The molecule has 0 unspecified atom stereocenters. The van der Waals surface area contributed by atoms with Gasteiger partial charge in [0.25, 0.3) is 5.91 Å². The maximum absolute atomic E-state index is 13.3. The number of carbonyl (C=O) groups excluding carboxylic acids is 4. The lowest BCUT2D eigenvalue weighted by molar-refractivity contribution is -0.732. The monoisotopic (exact) mass is 371 g/mol. The van der Waals surface area contributed by atoms with Gasteiger partial charge in [-0.15, -0.1) is 0 Å². The molecule has 0 aliphatic carbocycles. The molecule has 8 nitrogen and oxygen atoms in total. The van der Waals surface area contributed by atoms with Crippen molar-refractivity contribution in [1.29, 1.82) is 0 Å². The van der Waals surface area contributed by atoms with E-state index in [0.717, 1.165) is 0 Å². The molecular weight excluding hydrogens is 348 g/mol. The summed E-state index contributed by atoms with van der Waals surface area (Å²) in [5.41, 5.74) is 5.49. The van der Waals surface area contributed by atoms with Crippen LogP contribution in [0.15, 0.2) is 24.3 Å². The first kappa shape index (κ1) is 17.7. The van der Waals surface area contributed by atoms with Crippen LogP contribution in [0.5, 0.6) is 0 Å². The lowest BCUT2D eigenvalue weighted by Gasteiger charge is -2.28. The van der Waals surface area contributed by atoms with Gasteiger partial charge in [0.1, 0.15) is 17.9 Å². The molecule has 2 fully saturated rings. The molecule has 0 radical (unpaired) electrons. The van der Waals surface area contributed by atoms with Gasteiger partial charge in [-0.2, -0.15) is 0 Å². The van der Waals surface area contributed by atoms with Crippen LogP contribution in [0.4, 0.5) is 5.69 Å². The van der Waals surface area contributed by atoms with Gasteiger partial charge in [0, 0.05) is 11.6 Å². The third-order valence-corrected chi connectivity index (χ3v) is 6.28. The summed E-state index contributed by atoms with van der Waals surface area (Å²) in [4.78, 5) is 52.5.